The van der Waals surface area contributed by atoms with Gasteiger partial charge in [0, 0.05) is 16.2 Å². The molecule has 9 unspecified atom stereocenters. The van der Waals surface area contributed by atoms with Crippen molar-refractivity contribution in [2.45, 2.75) is 140 Å². The molecule has 0 fully saturated rings. The molecule has 51 heavy (non-hydrogen) atoms. The van der Waals surface area contributed by atoms with Gasteiger partial charge < -0.3 is 15.3 Å². The van der Waals surface area contributed by atoms with Crippen molar-refractivity contribution in [3.8, 4) is 0 Å². The van der Waals surface area contributed by atoms with Crippen LogP contribution in [0, 0.1) is 32.5 Å². The second-order valence-corrected chi connectivity index (χ2v) is 20.0. The van der Waals surface area contributed by atoms with E-state index < -0.39 is 69.8 Å². The molecule has 0 aliphatic heterocycles. The fraction of sp³-hybridized carbons (Fsp3) is 0.643. The minimum absolute atomic E-state index is 0.355. The van der Waals surface area contributed by atoms with E-state index >= 15 is 14.4 Å². The van der Waals surface area contributed by atoms with Gasteiger partial charge in [-0.15, -0.1) is 0 Å². The summed E-state index contributed by atoms with van der Waals surface area (Å²) in [6.07, 6.45) is 2.91. The van der Waals surface area contributed by atoms with Crippen molar-refractivity contribution in [1.82, 2.24) is 13.7 Å². The SMILES string of the molecule is CC1=C2C=C(C(C)(C)C)C(O)C1(C)C2n1c(=O)n(C2C3=C(C)C2(C)C(O)C(C(C)(C)C)=C3)c(=O)n(C2C3=C(C)C2(C)C(O)C(C(C)(C)C)=C3)c1=O. The largest absolute Gasteiger partial charge is 0.388 e. The van der Waals surface area contributed by atoms with Gasteiger partial charge in [0.25, 0.3) is 0 Å². The number of rotatable bonds is 3. The molecule has 1 aromatic heterocycles. The minimum Gasteiger partial charge on any atom is -0.388 e. The first kappa shape index (κ1) is 36.1. The van der Waals surface area contributed by atoms with Crippen LogP contribution in [-0.2, 0) is 0 Å². The molecular formula is C42H57N3O6. The monoisotopic (exact) mass is 699 g/mol. The molecule has 0 radical (unpaired) electrons. The van der Waals surface area contributed by atoms with Crippen LogP contribution in [0.4, 0.5) is 0 Å². The van der Waals surface area contributed by atoms with E-state index in [1.165, 1.54) is 13.7 Å². The van der Waals surface area contributed by atoms with Crippen LogP contribution in [0.25, 0.3) is 0 Å². The predicted molar refractivity (Wildman–Crippen MR) is 199 cm³/mol. The van der Waals surface area contributed by atoms with Gasteiger partial charge in [-0.05, 0) is 70.5 Å². The topological polar surface area (TPSA) is 127 Å². The summed E-state index contributed by atoms with van der Waals surface area (Å²) in [5.74, 6) is 0. The molecule has 9 heteroatoms. The van der Waals surface area contributed by atoms with Gasteiger partial charge in [-0.3, -0.25) is 0 Å². The Kier molecular flexibility index (Phi) is 7.10. The van der Waals surface area contributed by atoms with Crippen molar-refractivity contribution < 1.29 is 15.3 Å². The molecule has 0 saturated carbocycles. The molecule has 6 aliphatic carbocycles. The number of hydrogen-bond donors (Lipinski definition) is 3. The van der Waals surface area contributed by atoms with Crippen LogP contribution >= 0.6 is 0 Å². The number of nitrogens with zero attached hydrogens (tertiary/aromatic N) is 3. The zero-order chi connectivity index (χ0) is 38.2. The molecule has 6 bridgehead atoms. The van der Waals surface area contributed by atoms with E-state index in [0.29, 0.717) is 0 Å². The average Bonchev–Trinajstić information content (AvgIpc) is 3.00. The summed E-state index contributed by atoms with van der Waals surface area (Å²) in [7, 11) is 0. The van der Waals surface area contributed by atoms with E-state index in [0.717, 1.165) is 50.2 Å². The number of allylic oxidation sites excluding steroid dienone is 6. The number of aliphatic hydroxyl groups is 3. The Balaban J connectivity index is 1.54. The number of fused-ring (bicyclic) bond motifs is 3. The summed E-state index contributed by atoms with van der Waals surface area (Å²) in [6, 6.07) is -2.46. The molecule has 0 spiro atoms. The highest BCUT2D eigenvalue weighted by molar-refractivity contribution is 5.58. The maximum atomic E-state index is 15.1. The predicted octanol–water partition coefficient (Wildman–Crippen LogP) is 5.85. The van der Waals surface area contributed by atoms with Crippen molar-refractivity contribution in [3.63, 3.8) is 0 Å². The van der Waals surface area contributed by atoms with Gasteiger partial charge in [0.2, 0.25) is 0 Å². The quantitative estimate of drug-likeness (QED) is 0.364. The number of aliphatic hydroxyl groups excluding tert-OH is 3. The molecule has 0 aromatic carbocycles. The molecule has 1 aromatic rings. The normalized spacial score (nSPS) is 37.4. The Labute approximate surface area is 301 Å². The Hall–Kier alpha value is -3.27. The lowest BCUT2D eigenvalue weighted by Gasteiger charge is -2.59. The first-order valence-corrected chi connectivity index (χ1v) is 18.4. The molecule has 9 nitrogen and oxygen atoms in total. The molecular weight excluding hydrogens is 642 g/mol. The second-order valence-electron chi connectivity index (χ2n) is 20.0. The van der Waals surface area contributed by atoms with Gasteiger partial charge in [-0.2, -0.15) is 0 Å². The standard InChI is InChI=1S/C42H57N3O6/c1-19-22-16-25(37(4,5)6)31(46)40(19,13)28(22)43-34(49)44(29-23-17-26(38(7,8)9)32(47)41(29,14)20(23)2)36(51)45(35(43)50)30-24-18-27(39(10,11)12)33(48)42(30,15)21(24)3/h16-18,28-33,46-48H,1-15H3. The third-order valence-corrected chi connectivity index (χ3v) is 14.4. The summed E-state index contributed by atoms with van der Waals surface area (Å²) in [5.41, 5.74) is 1.33. The van der Waals surface area contributed by atoms with Crippen LogP contribution in [0.15, 0.2) is 82.8 Å². The average molecular weight is 700 g/mol. The van der Waals surface area contributed by atoms with Crippen LogP contribution in [0.2, 0.25) is 0 Å². The summed E-state index contributed by atoms with van der Waals surface area (Å²) in [6.45, 7) is 29.8. The lowest BCUT2D eigenvalue weighted by molar-refractivity contribution is -0.00128. The lowest BCUT2D eigenvalue weighted by atomic mass is 9.51. The van der Waals surface area contributed by atoms with Crippen LogP contribution in [0.3, 0.4) is 0 Å². The second kappa shape index (κ2) is 10.0. The Morgan fingerprint density at radius 1 is 0.471 bits per heavy atom. The molecule has 3 N–H and O–H groups in total. The van der Waals surface area contributed by atoms with Gasteiger partial charge in [-0.1, -0.05) is 118 Å². The highest BCUT2D eigenvalue weighted by atomic mass is 16.3. The minimum atomic E-state index is -0.976. The summed E-state index contributed by atoms with van der Waals surface area (Å²) in [5, 5.41) is 35.9. The van der Waals surface area contributed by atoms with E-state index in [1.54, 1.807) is 0 Å². The van der Waals surface area contributed by atoms with Crippen LogP contribution in [0.1, 0.15) is 122 Å². The van der Waals surface area contributed by atoms with E-state index in [4.69, 9.17) is 0 Å². The van der Waals surface area contributed by atoms with E-state index in [1.807, 2.05) is 122 Å². The molecule has 7 rings (SSSR count). The summed E-state index contributed by atoms with van der Waals surface area (Å²) in [4.78, 5) is 45.4. The van der Waals surface area contributed by atoms with E-state index in [-0.39, 0.29) is 16.2 Å². The smallest absolute Gasteiger partial charge is 0.337 e. The van der Waals surface area contributed by atoms with Crippen LogP contribution < -0.4 is 17.1 Å². The first-order chi connectivity index (χ1) is 23.1. The van der Waals surface area contributed by atoms with Gasteiger partial charge in [-0.25, -0.2) is 28.1 Å². The zero-order valence-electron chi connectivity index (χ0n) is 33.1. The Bertz CT molecular complexity index is 1930. The zero-order valence-corrected chi connectivity index (χ0v) is 33.1. The lowest BCUT2D eigenvalue weighted by Crippen LogP contribution is -2.68. The highest BCUT2D eigenvalue weighted by Gasteiger charge is 2.64. The fourth-order valence-corrected chi connectivity index (χ4v) is 10.6. The first-order valence-electron chi connectivity index (χ1n) is 18.4. The van der Waals surface area contributed by atoms with Crippen LogP contribution in [0.5, 0.6) is 0 Å². The molecule has 6 aliphatic rings. The molecule has 276 valence electrons. The summed E-state index contributed by atoms with van der Waals surface area (Å²) >= 11 is 0. The molecule has 1 heterocycles. The van der Waals surface area contributed by atoms with Gasteiger partial charge in [0.05, 0.1) is 36.4 Å². The number of hydrogen-bond acceptors (Lipinski definition) is 6. The Morgan fingerprint density at radius 3 is 0.843 bits per heavy atom. The molecule has 0 saturated heterocycles. The van der Waals surface area contributed by atoms with Gasteiger partial charge >= 0.3 is 17.1 Å². The molecule has 9 atom stereocenters. The Morgan fingerprint density at radius 2 is 0.667 bits per heavy atom. The number of aromatic nitrogens is 3. The van der Waals surface area contributed by atoms with Crippen molar-refractivity contribution in [3.05, 3.63) is 99.8 Å². The highest BCUT2D eigenvalue weighted by Crippen LogP contribution is 2.66. The summed E-state index contributed by atoms with van der Waals surface area (Å²) < 4.78 is 3.60. The molecule has 0 amide bonds. The van der Waals surface area contributed by atoms with E-state index in [2.05, 4.69) is 0 Å². The van der Waals surface area contributed by atoms with Gasteiger partial charge in [0.15, 0.2) is 0 Å². The van der Waals surface area contributed by atoms with Crippen molar-refractivity contribution >= 4 is 0 Å². The third-order valence-electron chi connectivity index (χ3n) is 14.4. The fourth-order valence-electron chi connectivity index (χ4n) is 10.6. The third kappa shape index (κ3) is 4.01. The maximum Gasteiger partial charge on any atom is 0.337 e. The maximum absolute atomic E-state index is 15.1. The van der Waals surface area contributed by atoms with Crippen LogP contribution in [-0.4, -0.2) is 47.3 Å². The van der Waals surface area contributed by atoms with Crippen molar-refractivity contribution in [2.24, 2.45) is 32.5 Å². The van der Waals surface area contributed by atoms with E-state index in [9.17, 15) is 15.3 Å². The van der Waals surface area contributed by atoms with Crippen molar-refractivity contribution in [1.29, 1.82) is 0 Å². The van der Waals surface area contributed by atoms with Gasteiger partial charge in [0.1, 0.15) is 0 Å². The van der Waals surface area contributed by atoms with Crippen molar-refractivity contribution in [2.75, 3.05) is 0 Å².